The summed E-state index contributed by atoms with van der Waals surface area (Å²) in [5, 5.41) is 13.6. The zero-order chi connectivity index (χ0) is 15.1. The first-order valence-corrected chi connectivity index (χ1v) is 6.62. The van der Waals surface area contributed by atoms with E-state index < -0.39 is 5.09 Å². The third kappa shape index (κ3) is 2.81. The fourth-order valence-corrected chi connectivity index (χ4v) is 2.28. The first kappa shape index (κ1) is 13.4. The maximum absolute atomic E-state index is 12.4. The zero-order valence-electron chi connectivity index (χ0n) is 11.2. The number of Topliss-reactive ketones (excluding diaryl/α,β-unsaturated/α-hetero) is 1. The van der Waals surface area contributed by atoms with E-state index in [-0.39, 0.29) is 11.6 Å². The van der Waals surface area contributed by atoms with Crippen molar-refractivity contribution in [3.8, 4) is 0 Å². The van der Waals surface area contributed by atoms with Crippen molar-refractivity contribution in [1.82, 2.24) is 14.7 Å². The molecule has 0 aromatic carbocycles. The molecule has 0 aromatic heterocycles. The Balaban J connectivity index is 0.000000298. The predicted molar refractivity (Wildman–Crippen MR) is 68.6 cm³/mol. The molecule has 4 rings (SSSR count). The Morgan fingerprint density at radius 2 is 1.38 bits per heavy atom. The van der Waals surface area contributed by atoms with Crippen LogP contribution in [0.5, 0.6) is 0 Å². The molecule has 0 spiro atoms. The van der Waals surface area contributed by atoms with Gasteiger partial charge in [-0.1, -0.05) is 0 Å². The Kier molecular flexibility index (Phi) is 3.04. The Bertz CT molecular complexity index is 580. The minimum absolute atomic E-state index is 0.00546. The van der Waals surface area contributed by atoms with Gasteiger partial charge >= 0.3 is 0 Å². The standard InChI is InChI=1S/C12H13N3O2.HNO3/c16-9-7-8(13-1-2-13)12(17)11(15-5-6-15)10(9)14-3-4-14;2-1(3)4/h7H,1-6H2;(H,2,3,4). The molecule has 0 amide bonds. The van der Waals surface area contributed by atoms with Crippen LogP contribution < -0.4 is 0 Å². The average molecular weight is 294 g/mol. The van der Waals surface area contributed by atoms with Gasteiger partial charge in [0.15, 0.2) is 0 Å². The van der Waals surface area contributed by atoms with Crippen molar-refractivity contribution in [1.29, 1.82) is 0 Å². The largest absolute Gasteiger partial charge is 0.365 e. The molecule has 4 aliphatic rings. The topological polar surface area (TPSA) is 107 Å². The minimum atomic E-state index is -1.50. The SMILES string of the molecule is O=C1C=C(N2CC2)C(=O)C(N2CC2)=C1N1CC1.O=[N+]([O-])O. The molecule has 1 aliphatic carbocycles. The van der Waals surface area contributed by atoms with Crippen LogP contribution in [0.3, 0.4) is 0 Å². The number of hydrogen-bond donors (Lipinski definition) is 1. The van der Waals surface area contributed by atoms with Gasteiger partial charge in [-0.2, -0.15) is 0 Å². The lowest BCUT2D eigenvalue weighted by atomic mass is 10.0. The van der Waals surface area contributed by atoms with E-state index in [1.165, 1.54) is 6.08 Å². The van der Waals surface area contributed by atoms with E-state index >= 15 is 0 Å². The quantitative estimate of drug-likeness (QED) is 0.300. The summed E-state index contributed by atoms with van der Waals surface area (Å²) in [6.45, 7) is 5.41. The van der Waals surface area contributed by atoms with Crippen molar-refractivity contribution in [2.75, 3.05) is 39.3 Å². The second-order valence-corrected chi connectivity index (χ2v) is 5.12. The van der Waals surface area contributed by atoms with E-state index in [9.17, 15) is 9.59 Å². The lowest BCUT2D eigenvalue weighted by Gasteiger charge is -2.21. The first-order valence-electron chi connectivity index (χ1n) is 6.62. The molecular formula is C12H14N4O5. The Morgan fingerprint density at radius 1 is 0.952 bits per heavy atom. The highest BCUT2D eigenvalue weighted by Crippen LogP contribution is 2.33. The van der Waals surface area contributed by atoms with Gasteiger partial charge in [0.25, 0.3) is 5.09 Å². The van der Waals surface area contributed by atoms with Crippen molar-refractivity contribution < 1.29 is 19.9 Å². The maximum atomic E-state index is 12.4. The highest BCUT2D eigenvalue weighted by molar-refractivity contribution is 6.22. The normalized spacial score (nSPS) is 22.7. The molecule has 21 heavy (non-hydrogen) atoms. The van der Waals surface area contributed by atoms with Crippen LogP contribution >= 0.6 is 0 Å². The summed E-state index contributed by atoms with van der Waals surface area (Å²) in [7, 11) is 0. The van der Waals surface area contributed by atoms with Gasteiger partial charge in [-0.05, 0) is 0 Å². The molecule has 3 heterocycles. The van der Waals surface area contributed by atoms with Gasteiger partial charge < -0.3 is 19.9 Å². The van der Waals surface area contributed by atoms with Crippen molar-refractivity contribution >= 4 is 11.6 Å². The predicted octanol–water partition coefficient (Wildman–Crippen LogP) is -1.17. The summed E-state index contributed by atoms with van der Waals surface area (Å²) in [6, 6.07) is 0. The smallest absolute Gasteiger partial charge is 0.291 e. The number of nitrogens with zero attached hydrogens (tertiary/aromatic N) is 4. The van der Waals surface area contributed by atoms with Crippen LogP contribution in [0.1, 0.15) is 0 Å². The van der Waals surface area contributed by atoms with Gasteiger partial charge in [-0.3, -0.25) is 9.59 Å². The molecule has 9 heteroatoms. The van der Waals surface area contributed by atoms with E-state index in [4.69, 9.17) is 15.3 Å². The number of carbonyl (C=O) groups excluding carboxylic acids is 2. The Hall–Kier alpha value is -2.58. The van der Waals surface area contributed by atoms with E-state index in [1.807, 2.05) is 14.7 Å². The van der Waals surface area contributed by atoms with Crippen LogP contribution in [-0.4, -0.2) is 75.8 Å². The van der Waals surface area contributed by atoms with Crippen LogP contribution in [0, 0.1) is 10.1 Å². The molecule has 0 radical (unpaired) electrons. The maximum Gasteiger partial charge on any atom is 0.291 e. The van der Waals surface area contributed by atoms with Crippen molar-refractivity contribution in [2.24, 2.45) is 0 Å². The van der Waals surface area contributed by atoms with Gasteiger partial charge in [0, 0.05) is 45.3 Å². The van der Waals surface area contributed by atoms with E-state index in [0.29, 0.717) is 17.1 Å². The van der Waals surface area contributed by atoms with Crippen molar-refractivity contribution in [3.63, 3.8) is 0 Å². The molecule has 0 unspecified atom stereocenters. The average Bonchev–Trinajstić information content (AvgIpc) is 3.26. The van der Waals surface area contributed by atoms with Crippen molar-refractivity contribution in [2.45, 2.75) is 0 Å². The van der Waals surface area contributed by atoms with Crippen molar-refractivity contribution in [3.05, 3.63) is 33.3 Å². The second kappa shape index (κ2) is 4.76. The van der Waals surface area contributed by atoms with E-state index in [1.54, 1.807) is 0 Å². The minimum Gasteiger partial charge on any atom is -0.365 e. The summed E-state index contributed by atoms with van der Waals surface area (Å²) >= 11 is 0. The summed E-state index contributed by atoms with van der Waals surface area (Å²) in [4.78, 5) is 38.8. The van der Waals surface area contributed by atoms with Crippen LogP contribution in [0.2, 0.25) is 0 Å². The second-order valence-electron chi connectivity index (χ2n) is 5.12. The lowest BCUT2D eigenvalue weighted by Crippen LogP contribution is -2.29. The molecule has 3 saturated heterocycles. The van der Waals surface area contributed by atoms with Crippen LogP contribution in [0.4, 0.5) is 0 Å². The molecule has 0 saturated carbocycles. The molecule has 112 valence electrons. The van der Waals surface area contributed by atoms with Gasteiger partial charge in [0.2, 0.25) is 11.6 Å². The van der Waals surface area contributed by atoms with E-state index in [2.05, 4.69) is 0 Å². The number of hydrogen-bond acceptors (Lipinski definition) is 7. The first-order chi connectivity index (χ1) is 9.99. The number of rotatable bonds is 3. The molecule has 0 bridgehead atoms. The van der Waals surface area contributed by atoms with Crippen LogP contribution in [0.25, 0.3) is 0 Å². The lowest BCUT2D eigenvalue weighted by molar-refractivity contribution is -0.742. The molecule has 1 N–H and O–H groups in total. The fraction of sp³-hybridized carbons (Fsp3) is 0.500. The number of carbonyl (C=O) groups is 2. The highest BCUT2D eigenvalue weighted by atomic mass is 16.9. The van der Waals surface area contributed by atoms with Crippen LogP contribution in [0.15, 0.2) is 23.2 Å². The highest BCUT2D eigenvalue weighted by Gasteiger charge is 2.43. The molecule has 0 atom stereocenters. The molecule has 3 aliphatic heterocycles. The third-order valence-electron chi connectivity index (χ3n) is 3.49. The zero-order valence-corrected chi connectivity index (χ0v) is 11.2. The summed E-state index contributed by atoms with van der Waals surface area (Å²) in [6.07, 6.45) is 1.52. The summed E-state index contributed by atoms with van der Waals surface area (Å²) in [5.74, 6) is 0.0485. The molecule has 9 nitrogen and oxygen atoms in total. The van der Waals surface area contributed by atoms with Gasteiger partial charge in [0.05, 0.1) is 5.70 Å². The summed E-state index contributed by atoms with van der Waals surface area (Å²) in [5.41, 5.74) is 1.89. The molecule has 3 fully saturated rings. The number of allylic oxidation sites excluding steroid dienone is 1. The van der Waals surface area contributed by atoms with Gasteiger partial charge in [-0.15, -0.1) is 10.1 Å². The van der Waals surface area contributed by atoms with Gasteiger partial charge in [0.1, 0.15) is 11.4 Å². The molecule has 0 aromatic rings. The summed E-state index contributed by atoms with van der Waals surface area (Å²) < 4.78 is 0. The Morgan fingerprint density at radius 3 is 1.81 bits per heavy atom. The Labute approximate surface area is 119 Å². The van der Waals surface area contributed by atoms with Gasteiger partial charge in [-0.25, -0.2) is 0 Å². The fourth-order valence-electron chi connectivity index (χ4n) is 2.28. The van der Waals surface area contributed by atoms with E-state index in [0.717, 1.165) is 39.3 Å². The third-order valence-corrected chi connectivity index (χ3v) is 3.49. The monoisotopic (exact) mass is 294 g/mol. The number of ketones is 2. The van der Waals surface area contributed by atoms with Crippen LogP contribution in [-0.2, 0) is 9.59 Å². The molecular weight excluding hydrogens is 280 g/mol.